The molecule has 0 unspecified atom stereocenters. The Balaban J connectivity index is 1.29. The number of unbranched alkanes of at least 4 members (excludes halogenated alkanes) is 1. The minimum Gasteiger partial charge on any atom is -0.356 e. The van der Waals surface area contributed by atoms with Crippen LogP contribution in [0.25, 0.3) is 0 Å². The van der Waals surface area contributed by atoms with Gasteiger partial charge in [0.2, 0.25) is 5.91 Å². The van der Waals surface area contributed by atoms with E-state index >= 15 is 0 Å². The number of piperidine rings is 1. The van der Waals surface area contributed by atoms with Crippen LogP contribution < -0.4 is 15.5 Å². The van der Waals surface area contributed by atoms with Crippen LogP contribution >= 0.6 is 11.3 Å². The summed E-state index contributed by atoms with van der Waals surface area (Å²) in [5, 5.41) is 8.26. The van der Waals surface area contributed by atoms with Crippen LogP contribution in [0.15, 0.2) is 5.38 Å². The fraction of sp³-hybridized carbons (Fsp3) is 0.722. The summed E-state index contributed by atoms with van der Waals surface area (Å²) in [6.07, 6.45) is 5.03. The summed E-state index contributed by atoms with van der Waals surface area (Å²) >= 11 is 1.41. The fourth-order valence-electron chi connectivity index (χ4n) is 3.36. The number of carbonyl (C=O) groups is 2. The standard InChI is InChI=1S/C18H29N5O2S/c1-14-4-9-22(10-5-14)8-3-2-6-19-16(24)12-15-13-26-18(21-15)23-11-7-20-17(23)25/h13-14H,2-12H2,1H3,(H,19,24)(H,20,25). The molecule has 2 aliphatic heterocycles. The van der Waals surface area contributed by atoms with Crippen molar-refractivity contribution in [1.82, 2.24) is 20.5 Å². The molecular formula is C18H29N5O2S. The molecule has 2 aliphatic rings. The molecule has 144 valence electrons. The number of thiazole rings is 1. The molecule has 7 nitrogen and oxygen atoms in total. The summed E-state index contributed by atoms with van der Waals surface area (Å²) in [4.78, 5) is 32.3. The smallest absolute Gasteiger partial charge is 0.323 e. The van der Waals surface area contributed by atoms with Crippen LogP contribution in [-0.2, 0) is 11.2 Å². The van der Waals surface area contributed by atoms with Crippen molar-refractivity contribution < 1.29 is 9.59 Å². The number of hydrogen-bond donors (Lipinski definition) is 2. The first-order valence-electron chi connectivity index (χ1n) is 9.60. The van der Waals surface area contributed by atoms with E-state index in [0.29, 0.717) is 24.8 Å². The van der Waals surface area contributed by atoms with Crippen LogP contribution in [-0.4, -0.2) is 61.1 Å². The molecule has 0 spiro atoms. The summed E-state index contributed by atoms with van der Waals surface area (Å²) in [7, 11) is 0. The molecule has 0 saturated carbocycles. The summed E-state index contributed by atoms with van der Waals surface area (Å²) in [6.45, 7) is 7.89. The van der Waals surface area contributed by atoms with E-state index in [1.54, 1.807) is 4.90 Å². The van der Waals surface area contributed by atoms with Crippen molar-refractivity contribution in [3.05, 3.63) is 11.1 Å². The molecule has 0 radical (unpaired) electrons. The van der Waals surface area contributed by atoms with Gasteiger partial charge in [-0.3, -0.25) is 9.69 Å². The van der Waals surface area contributed by atoms with E-state index in [0.717, 1.165) is 31.0 Å². The number of carbonyl (C=O) groups excluding carboxylic acids is 2. The second-order valence-corrected chi connectivity index (χ2v) is 8.10. The predicted molar refractivity (Wildman–Crippen MR) is 104 cm³/mol. The van der Waals surface area contributed by atoms with Crippen LogP contribution in [0, 0.1) is 5.92 Å². The molecular weight excluding hydrogens is 350 g/mol. The van der Waals surface area contributed by atoms with Crippen molar-refractivity contribution in [3.63, 3.8) is 0 Å². The lowest BCUT2D eigenvalue weighted by Gasteiger charge is -2.30. The Labute approximate surface area is 159 Å². The summed E-state index contributed by atoms with van der Waals surface area (Å²) in [5.74, 6) is 0.871. The van der Waals surface area contributed by atoms with Crippen molar-refractivity contribution >= 4 is 28.4 Å². The Morgan fingerprint density at radius 1 is 1.35 bits per heavy atom. The maximum absolute atomic E-state index is 12.1. The van der Waals surface area contributed by atoms with E-state index in [2.05, 4.69) is 27.4 Å². The number of rotatable bonds is 8. The molecule has 0 aliphatic carbocycles. The Morgan fingerprint density at radius 2 is 2.15 bits per heavy atom. The van der Waals surface area contributed by atoms with Crippen LogP contribution in [0.5, 0.6) is 0 Å². The molecule has 3 amide bonds. The predicted octanol–water partition coefficient (Wildman–Crippen LogP) is 1.84. The molecule has 3 rings (SSSR count). The largest absolute Gasteiger partial charge is 0.356 e. The lowest BCUT2D eigenvalue weighted by atomic mass is 9.99. The van der Waals surface area contributed by atoms with Gasteiger partial charge in [-0.25, -0.2) is 9.78 Å². The fourth-order valence-corrected chi connectivity index (χ4v) is 4.21. The third-order valence-electron chi connectivity index (χ3n) is 5.07. The molecule has 2 N–H and O–H groups in total. The summed E-state index contributed by atoms with van der Waals surface area (Å²) < 4.78 is 0. The zero-order valence-electron chi connectivity index (χ0n) is 15.5. The van der Waals surface area contributed by atoms with Crippen LogP contribution in [0.1, 0.15) is 38.3 Å². The quantitative estimate of drug-likeness (QED) is 0.676. The van der Waals surface area contributed by atoms with Crippen LogP contribution in [0.2, 0.25) is 0 Å². The average molecular weight is 380 g/mol. The molecule has 1 aromatic heterocycles. The Kier molecular flexibility index (Phi) is 6.85. The van der Waals surface area contributed by atoms with E-state index in [1.165, 1.54) is 37.3 Å². The van der Waals surface area contributed by atoms with Gasteiger partial charge in [-0.2, -0.15) is 0 Å². The van der Waals surface area contributed by atoms with E-state index in [1.807, 2.05) is 5.38 Å². The van der Waals surface area contributed by atoms with Gasteiger partial charge in [0.05, 0.1) is 12.1 Å². The molecule has 2 saturated heterocycles. The Morgan fingerprint density at radius 3 is 2.88 bits per heavy atom. The van der Waals surface area contributed by atoms with Gasteiger partial charge in [-0.1, -0.05) is 6.92 Å². The van der Waals surface area contributed by atoms with Crippen molar-refractivity contribution in [2.24, 2.45) is 5.92 Å². The molecule has 26 heavy (non-hydrogen) atoms. The number of anilines is 1. The first-order valence-corrected chi connectivity index (χ1v) is 10.5. The highest BCUT2D eigenvalue weighted by atomic mass is 32.1. The number of nitrogens with zero attached hydrogens (tertiary/aromatic N) is 3. The van der Waals surface area contributed by atoms with Crippen molar-refractivity contribution in [2.75, 3.05) is 44.2 Å². The molecule has 3 heterocycles. The number of likely N-dealkylation sites (tertiary alicyclic amines) is 1. The molecule has 0 aromatic carbocycles. The molecule has 0 atom stereocenters. The third kappa shape index (κ3) is 5.41. The monoisotopic (exact) mass is 379 g/mol. The summed E-state index contributed by atoms with van der Waals surface area (Å²) in [5.41, 5.74) is 0.727. The second-order valence-electron chi connectivity index (χ2n) is 7.26. The minimum atomic E-state index is -0.112. The van der Waals surface area contributed by atoms with Gasteiger partial charge in [0.15, 0.2) is 5.13 Å². The third-order valence-corrected chi connectivity index (χ3v) is 5.98. The SMILES string of the molecule is CC1CCN(CCCCNC(=O)Cc2csc(N3CCNC3=O)n2)CC1. The van der Waals surface area contributed by atoms with E-state index < -0.39 is 0 Å². The zero-order chi connectivity index (χ0) is 18.4. The maximum Gasteiger partial charge on any atom is 0.323 e. The number of urea groups is 1. The van der Waals surface area contributed by atoms with Gasteiger partial charge in [0.1, 0.15) is 0 Å². The average Bonchev–Trinajstić information content (AvgIpc) is 3.25. The molecule has 0 bridgehead atoms. The summed E-state index contributed by atoms with van der Waals surface area (Å²) in [6, 6.07) is -0.112. The van der Waals surface area contributed by atoms with Gasteiger partial charge in [-0.05, 0) is 51.2 Å². The van der Waals surface area contributed by atoms with Crippen LogP contribution in [0.3, 0.4) is 0 Å². The lowest BCUT2D eigenvalue weighted by Crippen LogP contribution is -2.34. The number of hydrogen-bond acceptors (Lipinski definition) is 5. The zero-order valence-corrected chi connectivity index (χ0v) is 16.3. The lowest BCUT2D eigenvalue weighted by molar-refractivity contribution is -0.120. The number of aromatic nitrogens is 1. The van der Waals surface area contributed by atoms with E-state index in [-0.39, 0.29) is 18.4 Å². The van der Waals surface area contributed by atoms with Crippen molar-refractivity contribution in [2.45, 2.75) is 39.0 Å². The highest BCUT2D eigenvalue weighted by molar-refractivity contribution is 7.14. The van der Waals surface area contributed by atoms with E-state index in [4.69, 9.17) is 0 Å². The minimum absolute atomic E-state index is 0.000444. The highest BCUT2D eigenvalue weighted by Crippen LogP contribution is 2.22. The Bertz CT molecular complexity index is 612. The first-order chi connectivity index (χ1) is 12.6. The first kappa shape index (κ1) is 19.1. The van der Waals surface area contributed by atoms with Gasteiger partial charge < -0.3 is 15.5 Å². The van der Waals surface area contributed by atoms with Gasteiger partial charge in [-0.15, -0.1) is 11.3 Å². The highest BCUT2D eigenvalue weighted by Gasteiger charge is 2.24. The molecule has 1 aromatic rings. The Hall–Kier alpha value is -1.67. The van der Waals surface area contributed by atoms with Crippen molar-refractivity contribution in [1.29, 1.82) is 0 Å². The number of amides is 3. The van der Waals surface area contributed by atoms with Crippen molar-refractivity contribution in [3.8, 4) is 0 Å². The molecule has 2 fully saturated rings. The van der Waals surface area contributed by atoms with Crippen LogP contribution in [0.4, 0.5) is 9.93 Å². The van der Waals surface area contributed by atoms with E-state index in [9.17, 15) is 9.59 Å². The number of nitrogens with one attached hydrogen (secondary N) is 2. The van der Waals surface area contributed by atoms with Gasteiger partial charge in [0, 0.05) is 25.0 Å². The van der Waals surface area contributed by atoms with Gasteiger partial charge >= 0.3 is 6.03 Å². The maximum atomic E-state index is 12.1. The second kappa shape index (κ2) is 9.32. The molecule has 8 heteroatoms. The van der Waals surface area contributed by atoms with Gasteiger partial charge in [0.25, 0.3) is 0 Å². The topological polar surface area (TPSA) is 77.6 Å². The normalized spacial score (nSPS) is 19.0.